The summed E-state index contributed by atoms with van der Waals surface area (Å²) in [5, 5.41) is 7.14. The number of nitrogens with two attached hydrogens (primary N) is 1. The molecule has 1 heterocycles. The number of rotatable bonds is 5. The Bertz CT molecular complexity index is 186. The predicted molar refractivity (Wildman–Crippen MR) is 54.6 cm³/mol. The van der Waals surface area contributed by atoms with Gasteiger partial charge in [0.2, 0.25) is 0 Å². The monoisotopic (exact) mass is 201 g/mol. The predicted octanol–water partition coefficient (Wildman–Crippen LogP) is -0.342. The zero-order valence-corrected chi connectivity index (χ0v) is 8.82. The highest BCUT2D eigenvalue weighted by Crippen LogP contribution is 2.15. The first-order chi connectivity index (χ1) is 6.67. The largest absolute Gasteiger partial charge is 0.388 e. The van der Waals surface area contributed by atoms with Crippen LogP contribution in [0.5, 0.6) is 0 Å². The van der Waals surface area contributed by atoms with Crippen molar-refractivity contribution in [1.29, 1.82) is 5.41 Å². The molecule has 0 amide bonds. The maximum absolute atomic E-state index is 7.14. The smallest absolute Gasteiger partial charge is 0.0971 e. The number of amidine groups is 1. The number of ether oxygens (including phenoxy) is 2. The van der Waals surface area contributed by atoms with E-state index in [0.29, 0.717) is 6.42 Å². The van der Waals surface area contributed by atoms with Gasteiger partial charge in [-0.1, -0.05) is 0 Å². The molecule has 2 atom stereocenters. The highest BCUT2D eigenvalue weighted by Gasteiger charge is 2.32. The molecule has 0 bridgehead atoms. The number of likely N-dealkylation sites (tertiary alicyclic amines) is 1. The van der Waals surface area contributed by atoms with Crippen LogP contribution in [0.3, 0.4) is 0 Å². The molecule has 5 heteroatoms. The van der Waals surface area contributed by atoms with E-state index in [1.54, 1.807) is 14.2 Å². The van der Waals surface area contributed by atoms with Crippen LogP contribution in [0.25, 0.3) is 0 Å². The molecular formula is C9H19N3O2. The first-order valence-corrected chi connectivity index (χ1v) is 4.78. The van der Waals surface area contributed by atoms with E-state index in [2.05, 4.69) is 4.90 Å². The molecule has 0 spiro atoms. The summed E-state index contributed by atoms with van der Waals surface area (Å²) >= 11 is 0. The maximum Gasteiger partial charge on any atom is 0.0971 e. The van der Waals surface area contributed by atoms with E-state index >= 15 is 0 Å². The van der Waals surface area contributed by atoms with Crippen molar-refractivity contribution in [2.45, 2.75) is 18.6 Å². The normalized spacial score (nSPS) is 28.1. The minimum absolute atomic E-state index is 0.145. The van der Waals surface area contributed by atoms with E-state index in [0.717, 1.165) is 19.6 Å². The van der Waals surface area contributed by atoms with Gasteiger partial charge in [0.1, 0.15) is 0 Å². The van der Waals surface area contributed by atoms with Crippen LogP contribution in [-0.2, 0) is 9.47 Å². The fourth-order valence-electron chi connectivity index (χ4n) is 1.73. The average molecular weight is 201 g/mol. The Morgan fingerprint density at radius 2 is 1.86 bits per heavy atom. The van der Waals surface area contributed by atoms with Crippen LogP contribution in [0.4, 0.5) is 0 Å². The van der Waals surface area contributed by atoms with Gasteiger partial charge in [-0.25, -0.2) is 0 Å². The highest BCUT2D eigenvalue weighted by molar-refractivity contribution is 5.76. The van der Waals surface area contributed by atoms with E-state index in [9.17, 15) is 0 Å². The topological polar surface area (TPSA) is 71.6 Å². The summed E-state index contributed by atoms with van der Waals surface area (Å²) in [6.45, 7) is 2.54. The highest BCUT2D eigenvalue weighted by atomic mass is 16.5. The van der Waals surface area contributed by atoms with Crippen molar-refractivity contribution < 1.29 is 9.47 Å². The molecule has 1 saturated heterocycles. The van der Waals surface area contributed by atoms with Crippen molar-refractivity contribution in [3.05, 3.63) is 0 Å². The van der Waals surface area contributed by atoms with Gasteiger partial charge in [0.25, 0.3) is 0 Å². The Hall–Kier alpha value is -0.650. The summed E-state index contributed by atoms with van der Waals surface area (Å²) < 4.78 is 10.6. The molecule has 82 valence electrons. The van der Waals surface area contributed by atoms with Crippen molar-refractivity contribution in [3.8, 4) is 0 Å². The molecule has 5 nitrogen and oxygen atoms in total. The molecular weight excluding hydrogens is 182 g/mol. The van der Waals surface area contributed by atoms with Crippen LogP contribution < -0.4 is 5.73 Å². The lowest BCUT2D eigenvalue weighted by Crippen LogP contribution is -2.27. The zero-order chi connectivity index (χ0) is 10.6. The number of hydrogen-bond donors (Lipinski definition) is 2. The third-order valence-electron chi connectivity index (χ3n) is 2.59. The first kappa shape index (κ1) is 11.4. The van der Waals surface area contributed by atoms with Gasteiger partial charge in [-0.3, -0.25) is 10.3 Å². The number of nitrogens with zero attached hydrogens (tertiary/aromatic N) is 1. The fraction of sp³-hybridized carbons (Fsp3) is 0.889. The molecule has 3 N–H and O–H groups in total. The van der Waals surface area contributed by atoms with Crippen LogP contribution in [-0.4, -0.2) is 56.8 Å². The second kappa shape index (κ2) is 5.29. The van der Waals surface area contributed by atoms with Gasteiger partial charge >= 0.3 is 0 Å². The summed E-state index contributed by atoms with van der Waals surface area (Å²) in [5.74, 6) is 0.236. The fourth-order valence-corrected chi connectivity index (χ4v) is 1.73. The van der Waals surface area contributed by atoms with Crippen LogP contribution in [0.15, 0.2) is 0 Å². The molecule has 0 aliphatic carbocycles. The standard InChI is InChI=1S/C9H19N3O2/c1-13-7-5-12(4-3-9(10)11)6-8(7)14-2/h7-8H,3-6H2,1-2H3,(H3,10,11). The molecule has 2 unspecified atom stereocenters. The van der Waals surface area contributed by atoms with E-state index in [-0.39, 0.29) is 18.0 Å². The SMILES string of the molecule is COC1CN(CCC(=N)N)CC1OC. The van der Waals surface area contributed by atoms with Gasteiger partial charge in [0.05, 0.1) is 18.0 Å². The lowest BCUT2D eigenvalue weighted by Gasteiger charge is -2.13. The third-order valence-corrected chi connectivity index (χ3v) is 2.59. The molecule has 0 aromatic carbocycles. The summed E-state index contributed by atoms with van der Waals surface area (Å²) in [7, 11) is 3.40. The van der Waals surface area contributed by atoms with Gasteiger partial charge < -0.3 is 15.2 Å². The second-order valence-corrected chi connectivity index (χ2v) is 3.58. The lowest BCUT2D eigenvalue weighted by molar-refractivity contribution is -0.00461. The minimum atomic E-state index is 0.145. The second-order valence-electron chi connectivity index (χ2n) is 3.58. The summed E-state index contributed by atoms with van der Waals surface area (Å²) in [6, 6.07) is 0. The Morgan fingerprint density at radius 1 is 1.36 bits per heavy atom. The van der Waals surface area contributed by atoms with Crippen molar-refractivity contribution in [3.63, 3.8) is 0 Å². The Labute approximate surface area is 84.7 Å². The van der Waals surface area contributed by atoms with Gasteiger partial charge in [0, 0.05) is 40.3 Å². The first-order valence-electron chi connectivity index (χ1n) is 4.78. The quantitative estimate of drug-likeness (QED) is 0.471. The maximum atomic E-state index is 7.14. The Balaban J connectivity index is 2.33. The van der Waals surface area contributed by atoms with Crippen molar-refractivity contribution in [2.75, 3.05) is 33.9 Å². The minimum Gasteiger partial charge on any atom is -0.388 e. The van der Waals surface area contributed by atoms with Gasteiger partial charge in [-0.15, -0.1) is 0 Å². The van der Waals surface area contributed by atoms with Crippen LogP contribution in [0.1, 0.15) is 6.42 Å². The van der Waals surface area contributed by atoms with Gasteiger partial charge in [-0.2, -0.15) is 0 Å². The summed E-state index contributed by atoms with van der Waals surface area (Å²) in [4.78, 5) is 2.21. The number of hydrogen-bond acceptors (Lipinski definition) is 4. The molecule has 0 saturated carbocycles. The molecule has 1 rings (SSSR count). The third kappa shape index (κ3) is 2.94. The molecule has 1 aliphatic rings. The molecule has 0 radical (unpaired) electrons. The lowest BCUT2D eigenvalue weighted by atomic mass is 10.3. The molecule has 1 aliphatic heterocycles. The van der Waals surface area contributed by atoms with E-state index in [4.69, 9.17) is 20.6 Å². The summed E-state index contributed by atoms with van der Waals surface area (Å²) in [5.41, 5.74) is 5.30. The molecule has 0 aromatic rings. The molecule has 14 heavy (non-hydrogen) atoms. The number of nitrogens with one attached hydrogen (secondary N) is 1. The van der Waals surface area contributed by atoms with Crippen molar-refractivity contribution in [2.24, 2.45) is 5.73 Å². The van der Waals surface area contributed by atoms with Gasteiger partial charge in [-0.05, 0) is 0 Å². The van der Waals surface area contributed by atoms with E-state index in [1.807, 2.05) is 0 Å². The average Bonchev–Trinajstić information content (AvgIpc) is 2.57. The van der Waals surface area contributed by atoms with Crippen LogP contribution in [0, 0.1) is 5.41 Å². The van der Waals surface area contributed by atoms with Crippen molar-refractivity contribution >= 4 is 5.84 Å². The number of methoxy groups -OCH3 is 2. The van der Waals surface area contributed by atoms with Gasteiger partial charge in [0.15, 0.2) is 0 Å². The molecule has 1 fully saturated rings. The Morgan fingerprint density at radius 3 is 2.21 bits per heavy atom. The van der Waals surface area contributed by atoms with Crippen LogP contribution >= 0.6 is 0 Å². The van der Waals surface area contributed by atoms with E-state index in [1.165, 1.54) is 0 Å². The summed E-state index contributed by atoms with van der Waals surface area (Å²) in [6.07, 6.45) is 0.909. The zero-order valence-electron chi connectivity index (χ0n) is 8.82. The van der Waals surface area contributed by atoms with E-state index < -0.39 is 0 Å². The molecule has 0 aromatic heterocycles. The van der Waals surface area contributed by atoms with Crippen molar-refractivity contribution in [1.82, 2.24) is 4.90 Å². The Kier molecular flexibility index (Phi) is 4.31. The van der Waals surface area contributed by atoms with Crippen LogP contribution in [0.2, 0.25) is 0 Å².